The van der Waals surface area contributed by atoms with Crippen molar-refractivity contribution in [3.05, 3.63) is 29.7 Å². The molecular formula is C4H12Y-4. The van der Waals surface area contributed by atoms with Crippen LogP contribution >= 0.6 is 0 Å². The first kappa shape index (κ1) is 130. The minimum atomic E-state index is 0. The smallest absolute Gasteiger partial charge is 0 e. The van der Waals surface area contributed by atoms with E-state index in [4.69, 9.17) is 0 Å². The van der Waals surface area contributed by atoms with Gasteiger partial charge in [0.15, 0.2) is 0 Å². The maximum Gasteiger partial charge on any atom is 0 e. The molecule has 0 aliphatic heterocycles. The second-order valence-corrected chi connectivity index (χ2v) is 0. The molecule has 0 aliphatic carbocycles. The first-order valence-electron chi connectivity index (χ1n) is 0. The molecule has 0 aromatic heterocycles. The van der Waals surface area contributed by atoms with Crippen LogP contribution in [0, 0.1) is 29.7 Å². The van der Waals surface area contributed by atoms with Gasteiger partial charge in [-0.05, 0) is 0 Å². The fraction of sp³-hybridized carbons (Fsp3) is 0. The first-order valence-corrected chi connectivity index (χ1v) is 0. The van der Waals surface area contributed by atoms with Crippen LogP contribution in [0.1, 0.15) is 0 Å². The topological polar surface area (TPSA) is 0 Å². The summed E-state index contributed by atoms with van der Waals surface area (Å²) in [5.74, 6) is 0. The van der Waals surface area contributed by atoms with Crippen LogP contribution in [0.15, 0.2) is 0 Å². The van der Waals surface area contributed by atoms with Gasteiger partial charge in [0.05, 0.1) is 0 Å². The van der Waals surface area contributed by atoms with Crippen molar-refractivity contribution in [3.8, 4) is 0 Å². The Kier molecular flexibility index (Phi) is 1840. The summed E-state index contributed by atoms with van der Waals surface area (Å²) in [6, 6.07) is 0. The minimum absolute atomic E-state index is 0. The van der Waals surface area contributed by atoms with Crippen molar-refractivity contribution in [1.82, 2.24) is 0 Å². The van der Waals surface area contributed by atoms with E-state index in [1.54, 1.807) is 0 Å². The Bertz CT molecular complexity index is 3.61. The molecule has 0 saturated heterocycles. The summed E-state index contributed by atoms with van der Waals surface area (Å²) in [5.41, 5.74) is 0. The van der Waals surface area contributed by atoms with E-state index in [9.17, 15) is 0 Å². The van der Waals surface area contributed by atoms with Crippen molar-refractivity contribution in [2.75, 3.05) is 0 Å². The van der Waals surface area contributed by atoms with Crippen LogP contribution in [0.2, 0.25) is 0 Å². The predicted octanol–water partition coefficient (Wildman–Crippen LogP) is 1.80. The van der Waals surface area contributed by atoms with Gasteiger partial charge >= 0.3 is 0 Å². The van der Waals surface area contributed by atoms with E-state index in [0.717, 1.165) is 0 Å². The molecule has 0 amide bonds. The number of hydrogen-bond acceptors (Lipinski definition) is 0. The molecule has 0 aliphatic rings. The molecular weight excluding hydrogens is 137 g/mol. The fourth-order valence-corrected chi connectivity index (χ4v) is 0. The van der Waals surface area contributed by atoms with E-state index < -0.39 is 0 Å². The Morgan fingerprint density at radius 2 is 0.400 bits per heavy atom. The largest absolute Gasteiger partial charge is 0.358 e. The summed E-state index contributed by atoms with van der Waals surface area (Å²) in [6.45, 7) is 0. The zero-order valence-corrected chi connectivity index (χ0v) is 7.42. The third-order valence-corrected chi connectivity index (χ3v) is 0. The Hall–Kier alpha value is 1.10. The summed E-state index contributed by atoms with van der Waals surface area (Å²) < 4.78 is 0. The molecule has 0 nitrogen and oxygen atoms in total. The molecule has 0 heterocycles. The second kappa shape index (κ2) is 70.5. The van der Waals surface area contributed by atoms with E-state index in [0.29, 0.717) is 0 Å². The van der Waals surface area contributed by atoms with Crippen molar-refractivity contribution in [1.29, 1.82) is 0 Å². The van der Waals surface area contributed by atoms with E-state index in [1.165, 1.54) is 0 Å². The van der Waals surface area contributed by atoms with E-state index in [-0.39, 0.29) is 62.4 Å². The molecule has 0 unspecified atom stereocenters. The van der Waals surface area contributed by atoms with Crippen molar-refractivity contribution in [3.63, 3.8) is 0 Å². The summed E-state index contributed by atoms with van der Waals surface area (Å²) in [7, 11) is 0. The Morgan fingerprint density at radius 3 is 0.400 bits per heavy atom. The summed E-state index contributed by atoms with van der Waals surface area (Å²) in [5, 5.41) is 0. The molecule has 0 bridgehead atoms. The van der Waals surface area contributed by atoms with Crippen LogP contribution in [0.4, 0.5) is 0 Å². The normalized spacial score (nSPS) is 0. The van der Waals surface area contributed by atoms with Crippen molar-refractivity contribution >= 4 is 0 Å². The molecule has 0 atom stereocenters. The molecule has 0 aromatic carbocycles. The fourth-order valence-electron chi connectivity index (χ4n) is 0. The van der Waals surface area contributed by atoms with Crippen LogP contribution < -0.4 is 0 Å². The molecule has 1 heteroatoms. The average molecular weight is 149 g/mol. The van der Waals surface area contributed by atoms with Crippen molar-refractivity contribution < 1.29 is 32.7 Å². The van der Waals surface area contributed by atoms with Gasteiger partial charge in [0.1, 0.15) is 0 Å². The number of hydrogen-bond donors (Lipinski definition) is 0. The molecule has 0 fully saturated rings. The molecule has 5 heavy (non-hydrogen) atoms. The summed E-state index contributed by atoms with van der Waals surface area (Å²) >= 11 is 0. The van der Waals surface area contributed by atoms with Gasteiger partial charge in [-0.1, -0.05) is 0 Å². The van der Waals surface area contributed by atoms with Gasteiger partial charge in [0, 0.05) is 32.7 Å². The second-order valence-electron chi connectivity index (χ2n) is 0. The summed E-state index contributed by atoms with van der Waals surface area (Å²) in [6.07, 6.45) is 0. The van der Waals surface area contributed by atoms with Crippen LogP contribution in [-0.4, -0.2) is 0 Å². The van der Waals surface area contributed by atoms with Crippen LogP contribution in [-0.2, 0) is 32.7 Å². The monoisotopic (exact) mass is 149 g/mol. The van der Waals surface area contributed by atoms with E-state index in [2.05, 4.69) is 0 Å². The number of rotatable bonds is 0. The van der Waals surface area contributed by atoms with Gasteiger partial charge in [0.2, 0.25) is 0 Å². The van der Waals surface area contributed by atoms with Crippen LogP contribution in [0.3, 0.4) is 0 Å². The van der Waals surface area contributed by atoms with Gasteiger partial charge in [-0.2, -0.15) is 0 Å². The van der Waals surface area contributed by atoms with Crippen LogP contribution in [0.5, 0.6) is 0 Å². The SMILES string of the molecule is [CH3-].[CH3-].[CH3-].[CH3-].[Y]. The Balaban J connectivity index is 0. The van der Waals surface area contributed by atoms with Crippen molar-refractivity contribution in [2.45, 2.75) is 0 Å². The standard InChI is InChI=1S/4CH3.Y/h4*1H3;/q4*-1;. The Labute approximate surface area is 62.2 Å². The predicted molar refractivity (Wildman–Crippen MR) is 25.7 cm³/mol. The van der Waals surface area contributed by atoms with Crippen LogP contribution in [0.25, 0.3) is 0 Å². The van der Waals surface area contributed by atoms with E-state index in [1.807, 2.05) is 0 Å². The third-order valence-electron chi connectivity index (χ3n) is 0. The maximum atomic E-state index is 0. The van der Waals surface area contributed by atoms with E-state index >= 15 is 0 Å². The van der Waals surface area contributed by atoms with Gasteiger partial charge in [-0.3, -0.25) is 0 Å². The van der Waals surface area contributed by atoms with Crippen molar-refractivity contribution in [2.24, 2.45) is 0 Å². The average Bonchev–Trinajstić information content (AvgIpc) is 0. The summed E-state index contributed by atoms with van der Waals surface area (Å²) in [4.78, 5) is 0. The van der Waals surface area contributed by atoms with Gasteiger partial charge in [-0.25, -0.2) is 0 Å². The quantitative estimate of drug-likeness (QED) is 0.460. The molecule has 1 radical (unpaired) electrons. The molecule has 0 spiro atoms. The maximum absolute atomic E-state index is 0. The Morgan fingerprint density at radius 1 is 0.400 bits per heavy atom. The zero-order valence-electron chi connectivity index (χ0n) is 4.58. The molecule has 0 N–H and O–H groups in total. The molecule has 0 saturated carbocycles. The first-order chi connectivity index (χ1) is 0. The molecule has 35 valence electrons. The zero-order chi connectivity index (χ0) is 0. The molecule has 0 aromatic rings. The molecule has 0 rings (SSSR count). The van der Waals surface area contributed by atoms with Gasteiger partial charge in [0.25, 0.3) is 0 Å². The van der Waals surface area contributed by atoms with Gasteiger partial charge < -0.3 is 29.7 Å². The third kappa shape index (κ3) is 40.4. The minimum Gasteiger partial charge on any atom is -0.358 e. The van der Waals surface area contributed by atoms with Gasteiger partial charge in [-0.15, -0.1) is 0 Å².